The van der Waals surface area contributed by atoms with Gasteiger partial charge in [0.2, 0.25) is 0 Å². The third kappa shape index (κ3) is 1.93. The zero-order valence-corrected chi connectivity index (χ0v) is 17.4. The molecule has 7 rings (SSSR count). The number of hydrogen-bond donors (Lipinski definition) is 0. The maximum absolute atomic E-state index is 7.17. The molecule has 0 saturated heterocycles. The van der Waals surface area contributed by atoms with Crippen molar-refractivity contribution in [3.63, 3.8) is 0 Å². The van der Waals surface area contributed by atoms with E-state index in [1.165, 1.54) is 42.8 Å². The van der Waals surface area contributed by atoms with Crippen molar-refractivity contribution in [2.24, 2.45) is 0 Å². The molecule has 0 N–H and O–H groups in total. The molecular weight excluding hydrogens is 390 g/mol. The van der Waals surface area contributed by atoms with Gasteiger partial charge in [-0.2, -0.15) is 0 Å². The summed E-state index contributed by atoms with van der Waals surface area (Å²) < 4.78 is 7.17. The monoisotopic (exact) mass is 407 g/mol. The maximum atomic E-state index is 7.17. The molecular formula is C26H17OP2+. The van der Waals surface area contributed by atoms with Crippen LogP contribution in [-0.4, -0.2) is 0 Å². The van der Waals surface area contributed by atoms with Crippen LogP contribution >= 0.6 is 14.8 Å². The maximum Gasteiger partial charge on any atom is 0.282 e. The van der Waals surface area contributed by atoms with Crippen molar-refractivity contribution in [2.75, 3.05) is 0 Å². The summed E-state index contributed by atoms with van der Waals surface area (Å²) in [6.07, 6.45) is 0. The van der Waals surface area contributed by atoms with Gasteiger partial charge in [0.1, 0.15) is 10.6 Å². The Labute approximate surface area is 171 Å². The van der Waals surface area contributed by atoms with Crippen LogP contribution in [0, 0.1) is 0 Å². The SMILES string of the molecule is c1ccc(O[P+]23c4cccc5cccc(c45)P2c2cccc4cccc3c24)cc1. The molecule has 0 aliphatic carbocycles. The Morgan fingerprint density at radius 1 is 0.517 bits per heavy atom. The van der Waals surface area contributed by atoms with Crippen LogP contribution in [0.15, 0.2) is 103 Å². The predicted octanol–water partition coefficient (Wildman–Crippen LogP) is 5.63. The van der Waals surface area contributed by atoms with E-state index in [9.17, 15) is 0 Å². The van der Waals surface area contributed by atoms with E-state index in [4.69, 9.17) is 4.52 Å². The van der Waals surface area contributed by atoms with E-state index in [-0.39, 0.29) is 0 Å². The van der Waals surface area contributed by atoms with Crippen LogP contribution < -0.4 is 25.7 Å². The fraction of sp³-hybridized carbons (Fsp3) is 0. The van der Waals surface area contributed by atoms with Gasteiger partial charge in [-0.3, -0.25) is 0 Å². The summed E-state index contributed by atoms with van der Waals surface area (Å²) >= 11 is 0. The molecule has 29 heavy (non-hydrogen) atoms. The number of benzene rings is 5. The van der Waals surface area contributed by atoms with Crippen molar-refractivity contribution in [3.05, 3.63) is 103 Å². The van der Waals surface area contributed by atoms with E-state index in [1.807, 2.05) is 0 Å². The molecule has 0 unspecified atom stereocenters. The molecule has 0 radical (unpaired) electrons. The molecule has 136 valence electrons. The van der Waals surface area contributed by atoms with Gasteiger partial charge in [0, 0.05) is 21.4 Å². The summed E-state index contributed by atoms with van der Waals surface area (Å²) in [5, 5.41) is 11.3. The lowest BCUT2D eigenvalue weighted by Crippen LogP contribution is -2.21. The Hall–Kier alpha value is -2.72. The highest BCUT2D eigenvalue weighted by Crippen LogP contribution is 2.87. The van der Waals surface area contributed by atoms with Gasteiger partial charge in [-0.05, 0) is 47.2 Å². The Balaban J connectivity index is 1.65. The third-order valence-corrected chi connectivity index (χ3v) is 15.4. The highest BCUT2D eigenvalue weighted by atomic mass is 32.1. The number of para-hydroxylation sites is 1. The Morgan fingerprint density at radius 3 is 1.59 bits per heavy atom. The van der Waals surface area contributed by atoms with Gasteiger partial charge in [0.05, 0.1) is 0 Å². The lowest BCUT2D eigenvalue weighted by Gasteiger charge is -2.23. The molecule has 0 bridgehead atoms. The van der Waals surface area contributed by atoms with E-state index in [0.29, 0.717) is 0 Å². The normalized spacial score (nSPS) is 20.9. The van der Waals surface area contributed by atoms with Crippen molar-refractivity contribution in [1.29, 1.82) is 0 Å². The second-order valence-corrected chi connectivity index (χ2v) is 14.4. The summed E-state index contributed by atoms with van der Waals surface area (Å²) in [5.41, 5.74) is 0. The minimum Gasteiger partial charge on any atom is -0.337 e. The van der Waals surface area contributed by atoms with Gasteiger partial charge in [-0.25, -0.2) is 0 Å². The second kappa shape index (κ2) is 5.67. The second-order valence-electron chi connectivity index (χ2n) is 7.60. The number of fused-ring (bicyclic) bond motifs is 5. The highest BCUT2D eigenvalue weighted by molar-refractivity contribution is 8.50. The zero-order valence-electron chi connectivity index (χ0n) is 15.6. The summed E-state index contributed by atoms with van der Waals surface area (Å²) in [4.78, 5) is 0. The van der Waals surface area contributed by atoms with Crippen molar-refractivity contribution >= 4 is 57.6 Å². The van der Waals surface area contributed by atoms with Crippen molar-refractivity contribution < 1.29 is 4.52 Å². The lowest BCUT2D eigenvalue weighted by molar-refractivity contribution is 0.626. The first-order valence-corrected chi connectivity index (χ1v) is 13.6. The number of hydrogen-bond acceptors (Lipinski definition) is 1. The molecule has 1 nitrogen and oxygen atoms in total. The molecule has 2 aliphatic heterocycles. The summed E-state index contributed by atoms with van der Waals surface area (Å²) in [5.74, 6) is 0.975. The predicted molar refractivity (Wildman–Crippen MR) is 127 cm³/mol. The van der Waals surface area contributed by atoms with Crippen LogP contribution in [0.2, 0.25) is 0 Å². The molecule has 2 heterocycles. The van der Waals surface area contributed by atoms with Crippen LogP contribution in [-0.2, 0) is 0 Å². The van der Waals surface area contributed by atoms with Gasteiger partial charge in [0.15, 0.2) is 13.4 Å². The molecule has 0 aromatic heterocycles. The van der Waals surface area contributed by atoms with Gasteiger partial charge >= 0.3 is 0 Å². The molecule has 0 amide bonds. The van der Waals surface area contributed by atoms with Gasteiger partial charge in [-0.15, -0.1) is 0 Å². The molecule has 0 atom stereocenters. The van der Waals surface area contributed by atoms with Crippen LogP contribution in [0.4, 0.5) is 0 Å². The largest absolute Gasteiger partial charge is 0.337 e. The van der Waals surface area contributed by atoms with Crippen LogP contribution in [0.25, 0.3) is 21.5 Å². The molecule has 0 fully saturated rings. The van der Waals surface area contributed by atoms with E-state index < -0.39 is 14.8 Å². The van der Waals surface area contributed by atoms with E-state index in [1.54, 1.807) is 0 Å². The third-order valence-electron chi connectivity index (χ3n) is 6.09. The Morgan fingerprint density at radius 2 is 1.03 bits per heavy atom. The topological polar surface area (TPSA) is 9.23 Å². The van der Waals surface area contributed by atoms with Crippen molar-refractivity contribution in [3.8, 4) is 5.75 Å². The Bertz CT molecular complexity index is 1340. The van der Waals surface area contributed by atoms with Crippen LogP contribution in [0.1, 0.15) is 0 Å². The van der Waals surface area contributed by atoms with E-state index in [0.717, 1.165) is 5.75 Å². The first-order valence-electron chi connectivity index (χ1n) is 9.87. The Kier molecular flexibility index (Phi) is 3.15. The summed E-state index contributed by atoms with van der Waals surface area (Å²) in [6, 6.07) is 37.6. The van der Waals surface area contributed by atoms with E-state index in [2.05, 4.69) is 103 Å². The first kappa shape index (κ1) is 16.1. The average molecular weight is 407 g/mol. The molecule has 5 aromatic carbocycles. The first-order chi connectivity index (χ1) is 14.4. The molecule has 3 heteroatoms. The van der Waals surface area contributed by atoms with Crippen molar-refractivity contribution in [2.45, 2.75) is 0 Å². The molecule has 0 saturated carbocycles. The standard InChI is InChI=1S/C26H17OP2/c1-2-12-20(13-3-1)27-29-23-16-6-10-18-8-4-14-21(25(18)23)28(29)22-15-5-9-19-11-7-17-24(29)26(19)22/h1-17H/q+1. The minimum atomic E-state index is -2.08. The molecule has 2 aliphatic rings. The van der Waals surface area contributed by atoms with Crippen LogP contribution in [0.3, 0.4) is 0 Å². The van der Waals surface area contributed by atoms with E-state index >= 15 is 0 Å². The van der Waals surface area contributed by atoms with Gasteiger partial charge in [-0.1, -0.05) is 66.7 Å². The smallest absolute Gasteiger partial charge is 0.282 e. The van der Waals surface area contributed by atoms with Gasteiger partial charge in [0.25, 0.3) is 7.18 Å². The zero-order chi connectivity index (χ0) is 19.0. The molecule has 5 aromatic rings. The highest BCUT2D eigenvalue weighted by Gasteiger charge is 2.66. The quantitative estimate of drug-likeness (QED) is 0.345. The average Bonchev–Trinajstić information content (AvgIpc) is 3.21. The fourth-order valence-corrected chi connectivity index (χ4v) is 16.2. The van der Waals surface area contributed by atoms with Crippen molar-refractivity contribution in [1.82, 2.24) is 0 Å². The molecule has 0 spiro atoms. The summed E-state index contributed by atoms with van der Waals surface area (Å²) in [6.45, 7) is 0. The van der Waals surface area contributed by atoms with Crippen LogP contribution in [0.5, 0.6) is 5.75 Å². The minimum absolute atomic E-state index is 0.603. The lowest BCUT2D eigenvalue weighted by atomic mass is 10.1. The summed E-state index contributed by atoms with van der Waals surface area (Å²) in [7, 11) is -2.68. The number of rotatable bonds is 2. The fourth-order valence-electron chi connectivity index (χ4n) is 5.01. The van der Waals surface area contributed by atoms with Gasteiger partial charge < -0.3 is 4.52 Å².